The van der Waals surface area contributed by atoms with Crippen molar-refractivity contribution in [3.8, 4) is 11.5 Å². The van der Waals surface area contributed by atoms with Crippen molar-refractivity contribution in [1.82, 2.24) is 5.32 Å². The zero-order chi connectivity index (χ0) is 21.4. The molecule has 0 unspecified atom stereocenters. The van der Waals surface area contributed by atoms with Crippen LogP contribution in [0.2, 0.25) is 5.02 Å². The van der Waals surface area contributed by atoms with Gasteiger partial charge in [-0.05, 0) is 92.4 Å². The lowest BCUT2D eigenvalue weighted by atomic mass is 9.48. The number of hydrogen-bond acceptors (Lipinski definition) is 3. The molecule has 6 rings (SSSR count). The Balaban J connectivity index is 1.28. The van der Waals surface area contributed by atoms with E-state index < -0.39 is 0 Å². The van der Waals surface area contributed by atoms with E-state index in [2.05, 4.69) is 24.4 Å². The molecule has 31 heavy (non-hydrogen) atoms. The molecule has 2 aromatic carbocycles. The smallest absolute Gasteiger partial charge is 0.166 e. The van der Waals surface area contributed by atoms with Gasteiger partial charge in [0, 0.05) is 23.2 Å². The van der Waals surface area contributed by atoms with Crippen molar-refractivity contribution in [2.45, 2.75) is 64.6 Å². The molecule has 3 nitrogen and oxygen atoms in total. The Kier molecular flexibility index (Phi) is 5.92. The lowest BCUT2D eigenvalue weighted by Gasteiger charge is -2.59. The van der Waals surface area contributed by atoms with E-state index in [4.69, 9.17) is 21.1 Å². The van der Waals surface area contributed by atoms with Crippen molar-refractivity contribution in [3.63, 3.8) is 0 Å². The molecule has 1 N–H and O–H groups in total. The Morgan fingerprint density at radius 3 is 2.26 bits per heavy atom. The summed E-state index contributed by atoms with van der Waals surface area (Å²) >= 11 is 6.02. The van der Waals surface area contributed by atoms with Crippen LogP contribution < -0.4 is 14.8 Å². The van der Waals surface area contributed by atoms with Gasteiger partial charge in [-0.1, -0.05) is 35.9 Å². The van der Waals surface area contributed by atoms with Gasteiger partial charge < -0.3 is 14.8 Å². The number of para-hydroxylation sites is 1. The summed E-state index contributed by atoms with van der Waals surface area (Å²) in [5.74, 6) is 4.56. The second-order valence-electron chi connectivity index (χ2n) is 10.2. The highest BCUT2D eigenvalue weighted by molar-refractivity contribution is 6.30. The Bertz CT molecular complexity index is 875. The lowest BCUT2D eigenvalue weighted by molar-refractivity contribution is -0.0706. The van der Waals surface area contributed by atoms with E-state index in [-0.39, 0.29) is 0 Å². The van der Waals surface area contributed by atoms with Gasteiger partial charge in [0.1, 0.15) is 6.61 Å². The summed E-state index contributed by atoms with van der Waals surface area (Å²) in [6, 6.07) is 14.5. The van der Waals surface area contributed by atoms with Crippen molar-refractivity contribution >= 4 is 11.6 Å². The van der Waals surface area contributed by atoms with Crippen LogP contribution in [0, 0.1) is 23.2 Å². The average Bonchev–Trinajstić information content (AvgIpc) is 2.76. The summed E-state index contributed by atoms with van der Waals surface area (Å²) in [4.78, 5) is 0. The van der Waals surface area contributed by atoms with Crippen molar-refractivity contribution in [2.75, 3.05) is 7.11 Å². The van der Waals surface area contributed by atoms with Gasteiger partial charge in [0.15, 0.2) is 11.5 Å². The van der Waals surface area contributed by atoms with Gasteiger partial charge in [-0.2, -0.15) is 0 Å². The van der Waals surface area contributed by atoms with Crippen LogP contribution in [0.3, 0.4) is 0 Å². The maximum absolute atomic E-state index is 6.26. The fourth-order valence-electron chi connectivity index (χ4n) is 6.95. The lowest BCUT2D eigenvalue weighted by Crippen LogP contribution is -2.54. The van der Waals surface area contributed by atoms with Crippen molar-refractivity contribution in [1.29, 1.82) is 0 Å². The van der Waals surface area contributed by atoms with E-state index in [1.165, 1.54) is 38.5 Å². The van der Waals surface area contributed by atoms with Gasteiger partial charge in [0.05, 0.1) is 7.11 Å². The summed E-state index contributed by atoms with van der Waals surface area (Å²) in [5.41, 5.74) is 2.75. The Labute approximate surface area is 191 Å². The molecule has 4 heteroatoms. The summed E-state index contributed by atoms with van der Waals surface area (Å²) in [5, 5.41) is 4.64. The number of nitrogens with one attached hydrogen (secondary N) is 1. The van der Waals surface area contributed by atoms with E-state index in [1.807, 2.05) is 30.3 Å². The molecule has 166 valence electrons. The first kappa shape index (κ1) is 21.2. The quantitative estimate of drug-likeness (QED) is 0.501. The second kappa shape index (κ2) is 8.67. The van der Waals surface area contributed by atoms with Crippen LogP contribution >= 0.6 is 11.6 Å². The number of benzene rings is 2. The minimum Gasteiger partial charge on any atom is -0.493 e. The van der Waals surface area contributed by atoms with Crippen molar-refractivity contribution in [3.05, 3.63) is 58.6 Å². The predicted octanol–water partition coefficient (Wildman–Crippen LogP) is 6.62. The number of ether oxygens (including phenoxy) is 2. The summed E-state index contributed by atoms with van der Waals surface area (Å²) < 4.78 is 11.9. The highest BCUT2D eigenvalue weighted by Crippen LogP contribution is 2.61. The van der Waals surface area contributed by atoms with Crippen LogP contribution in [0.4, 0.5) is 0 Å². The molecule has 0 spiro atoms. The van der Waals surface area contributed by atoms with Crippen LogP contribution in [0.15, 0.2) is 42.5 Å². The van der Waals surface area contributed by atoms with Gasteiger partial charge in [0.25, 0.3) is 0 Å². The highest BCUT2D eigenvalue weighted by atomic mass is 35.5. The van der Waals surface area contributed by atoms with Crippen molar-refractivity contribution < 1.29 is 9.47 Å². The molecule has 4 aliphatic carbocycles. The largest absolute Gasteiger partial charge is 0.493 e. The molecular formula is C27H34ClNO2. The fraction of sp³-hybridized carbons (Fsp3) is 0.556. The number of halogens is 1. The van der Waals surface area contributed by atoms with E-state index in [0.29, 0.717) is 18.1 Å². The Morgan fingerprint density at radius 1 is 1.00 bits per heavy atom. The normalized spacial score (nSPS) is 29.7. The van der Waals surface area contributed by atoms with Gasteiger partial charge in [-0.3, -0.25) is 0 Å². The Hall–Kier alpha value is -1.71. The summed E-state index contributed by atoms with van der Waals surface area (Å²) in [7, 11) is 1.71. The minimum atomic E-state index is 0.495. The minimum absolute atomic E-state index is 0.495. The average molecular weight is 440 g/mol. The zero-order valence-corrected chi connectivity index (χ0v) is 19.5. The summed E-state index contributed by atoms with van der Waals surface area (Å²) in [6.07, 6.45) is 8.74. The summed E-state index contributed by atoms with van der Waals surface area (Å²) in [6.45, 7) is 3.71. The first-order chi connectivity index (χ1) is 15.0. The van der Waals surface area contributed by atoms with Gasteiger partial charge in [-0.25, -0.2) is 0 Å². The van der Waals surface area contributed by atoms with E-state index in [0.717, 1.165) is 51.9 Å². The molecule has 0 radical (unpaired) electrons. The first-order valence-electron chi connectivity index (χ1n) is 11.8. The molecule has 4 saturated carbocycles. The molecule has 0 aromatic heterocycles. The molecular weight excluding hydrogens is 406 g/mol. The van der Waals surface area contributed by atoms with Gasteiger partial charge in [-0.15, -0.1) is 0 Å². The first-order valence-corrected chi connectivity index (χ1v) is 12.2. The molecule has 1 atom stereocenters. The predicted molar refractivity (Wildman–Crippen MR) is 126 cm³/mol. The van der Waals surface area contributed by atoms with E-state index >= 15 is 0 Å². The maximum atomic E-state index is 6.26. The molecule has 4 fully saturated rings. The highest BCUT2D eigenvalue weighted by Gasteiger charge is 2.52. The maximum Gasteiger partial charge on any atom is 0.166 e. The van der Waals surface area contributed by atoms with Gasteiger partial charge >= 0.3 is 0 Å². The monoisotopic (exact) mass is 439 g/mol. The van der Waals surface area contributed by atoms with Crippen LogP contribution in [0.1, 0.15) is 56.6 Å². The molecule has 0 heterocycles. The zero-order valence-electron chi connectivity index (χ0n) is 18.7. The molecule has 4 bridgehead atoms. The van der Waals surface area contributed by atoms with E-state index in [9.17, 15) is 0 Å². The molecule has 0 aliphatic heterocycles. The van der Waals surface area contributed by atoms with Gasteiger partial charge in [0.2, 0.25) is 0 Å². The number of rotatable bonds is 8. The Morgan fingerprint density at radius 2 is 1.65 bits per heavy atom. The van der Waals surface area contributed by atoms with Crippen LogP contribution in [0.25, 0.3) is 0 Å². The third-order valence-corrected chi connectivity index (χ3v) is 8.43. The van der Waals surface area contributed by atoms with Crippen molar-refractivity contribution in [2.24, 2.45) is 23.2 Å². The molecule has 2 aromatic rings. The molecule has 0 amide bonds. The van der Waals surface area contributed by atoms with Crippen LogP contribution in [0.5, 0.6) is 11.5 Å². The third-order valence-electron chi connectivity index (χ3n) is 8.18. The SMILES string of the molecule is COc1cccc(CN[C@H](C)C23CC4CC(CC(C4)C2)C3)c1OCc1ccc(Cl)cc1. The standard InChI is InChI=1S/C27H34ClNO2/c1-18(27-13-20-10-21(14-27)12-22(11-20)15-27)29-16-23-4-3-5-25(30-2)26(23)31-17-19-6-8-24(28)9-7-19/h3-9,18,20-22,29H,10-17H2,1-2H3/t18-,20?,21?,22?,27?/m1/s1. The number of hydrogen-bond donors (Lipinski definition) is 1. The molecule has 0 saturated heterocycles. The van der Waals surface area contributed by atoms with E-state index in [1.54, 1.807) is 7.11 Å². The topological polar surface area (TPSA) is 30.5 Å². The number of methoxy groups -OCH3 is 1. The van der Waals surface area contributed by atoms with Crippen LogP contribution in [-0.2, 0) is 13.2 Å². The second-order valence-corrected chi connectivity index (χ2v) is 10.7. The fourth-order valence-corrected chi connectivity index (χ4v) is 7.07. The molecule has 4 aliphatic rings. The third kappa shape index (κ3) is 4.32. The van der Waals surface area contributed by atoms with Crippen LogP contribution in [-0.4, -0.2) is 13.2 Å².